The average molecular weight is 1760 g/mol. The summed E-state index contributed by atoms with van der Waals surface area (Å²) in [6, 6.07) is 0. The first kappa shape index (κ1) is 118. The highest BCUT2D eigenvalue weighted by Gasteiger charge is 2.30. The van der Waals surface area contributed by atoms with Gasteiger partial charge in [0, 0.05) is 19.3 Å². The highest BCUT2D eigenvalue weighted by molar-refractivity contribution is 7.47. The van der Waals surface area contributed by atoms with Crippen LogP contribution in [0, 0.1) is 0 Å². The Bertz CT molecular complexity index is 2970. The monoisotopic (exact) mass is 1760 g/mol. The smallest absolute Gasteiger partial charge is 0.463 e. The second-order valence-electron chi connectivity index (χ2n) is 32.5. The van der Waals surface area contributed by atoms with Crippen LogP contribution in [0.5, 0.6) is 0 Å². The number of carbonyl (C=O) groups is 3. The van der Waals surface area contributed by atoms with Gasteiger partial charge in [0.05, 0.1) is 26.4 Å². The number of hydrogen-bond acceptors (Lipinski definition) is 14. The molecule has 0 saturated carbocycles. The fourth-order valence-corrected chi connectivity index (χ4v) is 14.8. The Labute approximate surface area is 751 Å². The lowest BCUT2D eigenvalue weighted by Gasteiger charge is -2.21. The number of hydrogen-bond donors (Lipinski definition) is 4. The number of allylic oxidation sites excluding steroid dienone is 30. The van der Waals surface area contributed by atoms with E-state index in [1.165, 1.54) is 161 Å². The van der Waals surface area contributed by atoms with Gasteiger partial charge in [0.1, 0.15) is 25.4 Å². The minimum absolute atomic E-state index is 0.0873. The molecule has 0 spiro atoms. The Morgan fingerprint density at radius 3 is 0.683 bits per heavy atom. The third-order valence-electron chi connectivity index (χ3n) is 20.6. The minimum Gasteiger partial charge on any atom is -0.463 e. The van der Waals surface area contributed by atoms with Gasteiger partial charge < -0.3 is 34.2 Å². The van der Waals surface area contributed by atoms with E-state index in [0.29, 0.717) is 19.3 Å². The van der Waals surface area contributed by atoms with E-state index in [1.54, 1.807) is 0 Å². The fourth-order valence-electron chi connectivity index (χ4n) is 13.2. The Hall–Kier alpha value is -5.35. The molecule has 0 aromatic carbocycles. The normalized spacial score (nSPS) is 14.5. The molecule has 0 bridgehead atoms. The number of esters is 3. The Kier molecular flexibility index (Phi) is 91.6. The van der Waals surface area contributed by atoms with Crippen LogP contribution in [-0.2, 0) is 55.8 Å². The van der Waals surface area contributed by atoms with E-state index >= 15 is 0 Å². The first-order valence-corrected chi connectivity index (χ1v) is 52.1. The fraction of sp³-hybridized carbons (Fsp3) is 0.686. The molecule has 0 heterocycles. The van der Waals surface area contributed by atoms with Gasteiger partial charge in [-0.2, -0.15) is 0 Å². The maximum absolute atomic E-state index is 13.1. The highest BCUT2D eigenvalue weighted by atomic mass is 31.2. The molecule has 0 saturated heterocycles. The predicted octanol–water partition coefficient (Wildman–Crippen LogP) is 30.8. The first-order chi connectivity index (χ1) is 60.2. The number of carbonyl (C=O) groups excluding carboxylic acids is 3. The largest absolute Gasteiger partial charge is 0.472 e. The van der Waals surface area contributed by atoms with E-state index < -0.39 is 91.5 Å². The van der Waals surface area contributed by atoms with Crippen LogP contribution >= 0.6 is 15.6 Å². The van der Waals surface area contributed by atoms with Crippen molar-refractivity contribution in [2.75, 3.05) is 39.6 Å². The van der Waals surface area contributed by atoms with Crippen LogP contribution in [0.4, 0.5) is 0 Å². The molecule has 5 unspecified atom stereocenters. The standard InChI is InChI=1S/C105H178O16P2/c1-4-7-10-13-16-19-22-25-28-31-34-37-40-42-44-46-47-48-49-50-51-53-55-56-59-61-64-67-70-73-76-79-82-85-88-91-103(108)115-94-100(106)95-117-122(111,112)118-96-101(107)97-119-123(113,114)120-99-102(121-105(110)93-90-87-84-81-78-75-72-69-66-63-58-39-36-33-30-27-24-21-18-15-12-9-6-3)98-116-104(109)92-89-86-83-80-77-74-71-68-65-62-60-57-54-52-45-43-41-38-35-32-29-26-23-20-17-14-11-8-5-2/h7,9-10,12,16-21,25-30,34-39,42-45,47-48,63,66,100-102,106-107H,4-6,8,11,13-15,22-24,31-33,40-41,46,49-62,64-65,67-99H2,1-3H3,(H,111,112)(H,113,114)/b10-7-,12-9-,19-16-,20-17-,21-18-,28-25-,29-26-,30-27-,37-34-,38-35-,39-36-,44-42-,45-43-,48-47-,66-63-. The third-order valence-corrected chi connectivity index (χ3v) is 22.5. The van der Waals surface area contributed by atoms with Crippen molar-refractivity contribution in [1.82, 2.24) is 0 Å². The molecule has 0 rings (SSSR count). The van der Waals surface area contributed by atoms with Gasteiger partial charge in [-0.3, -0.25) is 32.5 Å². The van der Waals surface area contributed by atoms with E-state index in [1.807, 2.05) is 0 Å². The van der Waals surface area contributed by atoms with E-state index in [2.05, 4.69) is 203 Å². The van der Waals surface area contributed by atoms with Gasteiger partial charge in [-0.05, 0) is 161 Å². The first-order valence-electron chi connectivity index (χ1n) is 49.1. The van der Waals surface area contributed by atoms with Gasteiger partial charge >= 0.3 is 33.6 Å². The summed E-state index contributed by atoms with van der Waals surface area (Å²) in [5.41, 5.74) is 0. The van der Waals surface area contributed by atoms with E-state index in [0.717, 1.165) is 186 Å². The van der Waals surface area contributed by atoms with Crippen LogP contribution in [-0.4, -0.2) is 95.9 Å². The van der Waals surface area contributed by atoms with Crippen molar-refractivity contribution < 1.29 is 75.8 Å². The quantitative estimate of drug-likeness (QED) is 0.0146. The molecule has 0 aromatic rings. The lowest BCUT2D eigenvalue weighted by molar-refractivity contribution is -0.161. The zero-order chi connectivity index (χ0) is 89.3. The predicted molar refractivity (Wildman–Crippen MR) is 518 cm³/mol. The summed E-state index contributed by atoms with van der Waals surface area (Å²) < 4.78 is 61.6. The summed E-state index contributed by atoms with van der Waals surface area (Å²) in [5.74, 6) is -1.58. The van der Waals surface area contributed by atoms with E-state index in [-0.39, 0.29) is 19.3 Å². The lowest BCUT2D eigenvalue weighted by atomic mass is 10.0. The van der Waals surface area contributed by atoms with Crippen molar-refractivity contribution in [2.24, 2.45) is 0 Å². The summed E-state index contributed by atoms with van der Waals surface area (Å²) in [7, 11) is -9.82. The summed E-state index contributed by atoms with van der Waals surface area (Å²) in [5, 5.41) is 20.8. The summed E-state index contributed by atoms with van der Waals surface area (Å²) in [4.78, 5) is 59.1. The van der Waals surface area contributed by atoms with Crippen molar-refractivity contribution in [3.63, 3.8) is 0 Å². The van der Waals surface area contributed by atoms with Crippen molar-refractivity contribution in [3.05, 3.63) is 182 Å². The molecule has 0 aromatic heterocycles. The van der Waals surface area contributed by atoms with Crippen LogP contribution in [0.2, 0.25) is 0 Å². The van der Waals surface area contributed by atoms with Crippen LogP contribution < -0.4 is 0 Å². The number of aliphatic hydroxyl groups is 2. The second kappa shape index (κ2) is 95.7. The van der Waals surface area contributed by atoms with Crippen LogP contribution in [0.3, 0.4) is 0 Å². The van der Waals surface area contributed by atoms with Gasteiger partial charge in [-0.1, -0.05) is 409 Å². The van der Waals surface area contributed by atoms with Crippen molar-refractivity contribution in [2.45, 2.75) is 424 Å². The Morgan fingerprint density at radius 1 is 0.236 bits per heavy atom. The maximum Gasteiger partial charge on any atom is 0.472 e. The van der Waals surface area contributed by atoms with Gasteiger partial charge in [0.15, 0.2) is 6.10 Å². The SMILES string of the molecule is CC/C=C\C/C=C\C/C=C\C/C=C\C/C=C\C/C=C\CCCCCCCCCCCCCCCCCCC(=O)OCC(O)COP(=O)(O)OCC(O)COP(=O)(O)OCC(COC(=O)CCCCCCCCCCCCCCC/C=C\C/C=C\C/C=C\C/C=C\CCCCC)OC(=O)CCCCCCCCC/C=C\C/C=C\C/C=C\C/C=C\C/C=C\CC. The van der Waals surface area contributed by atoms with Crippen molar-refractivity contribution in [1.29, 1.82) is 0 Å². The zero-order valence-corrected chi connectivity index (χ0v) is 79.6. The van der Waals surface area contributed by atoms with Gasteiger partial charge in [-0.15, -0.1) is 0 Å². The van der Waals surface area contributed by atoms with Crippen LogP contribution in [0.1, 0.15) is 406 Å². The number of phosphoric acid groups is 2. The number of rotatable bonds is 92. The average Bonchev–Trinajstić information content (AvgIpc) is 0.890. The Morgan fingerprint density at radius 2 is 0.431 bits per heavy atom. The lowest BCUT2D eigenvalue weighted by Crippen LogP contribution is -2.30. The topological polar surface area (TPSA) is 231 Å². The Balaban J connectivity index is 4.57. The van der Waals surface area contributed by atoms with Crippen molar-refractivity contribution >= 4 is 33.6 Å². The molecular weight excluding hydrogens is 1580 g/mol. The molecule has 0 radical (unpaired) electrons. The molecule has 5 atom stereocenters. The molecule has 123 heavy (non-hydrogen) atoms. The van der Waals surface area contributed by atoms with Crippen molar-refractivity contribution in [3.8, 4) is 0 Å². The summed E-state index contributed by atoms with van der Waals surface area (Å²) in [6.45, 7) is 2.47. The molecule has 0 aliphatic carbocycles. The number of unbranched alkanes of at least 4 members (excludes halogenated alkanes) is 39. The minimum atomic E-state index is -4.95. The molecule has 0 fully saturated rings. The molecule has 16 nitrogen and oxygen atoms in total. The van der Waals surface area contributed by atoms with Gasteiger partial charge in [0.25, 0.3) is 0 Å². The highest BCUT2D eigenvalue weighted by Crippen LogP contribution is 2.45. The molecule has 0 aliphatic rings. The second-order valence-corrected chi connectivity index (χ2v) is 35.4. The van der Waals surface area contributed by atoms with E-state index in [9.17, 15) is 43.5 Å². The number of ether oxygens (including phenoxy) is 3. The number of phosphoric ester groups is 2. The summed E-state index contributed by atoms with van der Waals surface area (Å²) >= 11 is 0. The summed E-state index contributed by atoms with van der Waals surface area (Å²) in [6.07, 6.45) is 127. The molecule has 18 heteroatoms. The number of aliphatic hydroxyl groups excluding tert-OH is 2. The van der Waals surface area contributed by atoms with E-state index in [4.69, 9.17) is 32.3 Å². The molecule has 4 N–H and O–H groups in total. The molecule has 0 aliphatic heterocycles. The maximum atomic E-state index is 13.1. The van der Waals surface area contributed by atoms with Crippen LogP contribution in [0.15, 0.2) is 182 Å². The third kappa shape index (κ3) is 97.1. The molecule has 0 amide bonds. The van der Waals surface area contributed by atoms with Gasteiger partial charge in [0.2, 0.25) is 0 Å². The van der Waals surface area contributed by atoms with Gasteiger partial charge in [-0.25, -0.2) is 9.13 Å². The zero-order valence-electron chi connectivity index (χ0n) is 77.8. The molecular formula is C105H178O16P2. The molecule has 704 valence electrons. The van der Waals surface area contributed by atoms with Crippen LogP contribution in [0.25, 0.3) is 0 Å².